The van der Waals surface area contributed by atoms with Crippen molar-refractivity contribution in [2.45, 2.75) is 26.4 Å². The molecule has 7 nitrogen and oxygen atoms in total. The molecule has 1 fully saturated rings. The number of rotatable bonds is 4. The van der Waals surface area contributed by atoms with Crippen LogP contribution in [0.1, 0.15) is 29.9 Å². The number of carbonyl (C=O) groups excluding carboxylic acids is 1. The fourth-order valence-electron chi connectivity index (χ4n) is 2.49. The van der Waals surface area contributed by atoms with Crippen LogP contribution < -0.4 is 0 Å². The van der Waals surface area contributed by atoms with Crippen LogP contribution in [0.3, 0.4) is 0 Å². The van der Waals surface area contributed by atoms with Crippen LogP contribution in [0.5, 0.6) is 0 Å². The van der Waals surface area contributed by atoms with E-state index in [1.807, 2.05) is 6.92 Å². The summed E-state index contributed by atoms with van der Waals surface area (Å²) in [6, 6.07) is -0.0753. The normalized spacial score (nSPS) is 22.1. The molecule has 1 aromatic rings. The molecule has 21 heavy (non-hydrogen) atoms. The molecule has 0 aromatic carbocycles. The van der Waals surface area contributed by atoms with E-state index in [4.69, 9.17) is 4.74 Å². The van der Waals surface area contributed by atoms with E-state index in [1.165, 1.54) is 6.20 Å². The predicted octanol–water partition coefficient (Wildman–Crippen LogP) is 0.216. The fraction of sp³-hybridized carbons (Fsp3) is 0.692. The zero-order chi connectivity index (χ0) is 15.6. The Morgan fingerprint density at radius 2 is 2.24 bits per heavy atom. The second-order valence-electron chi connectivity index (χ2n) is 5.28. The minimum atomic E-state index is -2.94. The van der Waals surface area contributed by atoms with Crippen molar-refractivity contribution in [2.75, 3.05) is 24.7 Å². The highest BCUT2D eigenvalue weighted by Crippen LogP contribution is 2.18. The maximum atomic E-state index is 11.9. The molecule has 0 N–H and O–H groups in total. The number of nitrogens with zero attached hydrogens (tertiary/aromatic N) is 3. The van der Waals surface area contributed by atoms with E-state index in [2.05, 4.69) is 10.00 Å². The second-order valence-corrected chi connectivity index (χ2v) is 7.51. The molecule has 0 aliphatic carbocycles. The summed E-state index contributed by atoms with van der Waals surface area (Å²) in [4.78, 5) is 14.0. The topological polar surface area (TPSA) is 81.5 Å². The lowest BCUT2D eigenvalue weighted by Crippen LogP contribution is -2.46. The van der Waals surface area contributed by atoms with Gasteiger partial charge in [0.1, 0.15) is 5.56 Å². The van der Waals surface area contributed by atoms with Crippen LogP contribution in [-0.2, 0) is 28.2 Å². The third-order valence-corrected chi connectivity index (χ3v) is 5.51. The Hall–Kier alpha value is -1.41. The molecule has 1 aromatic heterocycles. The number of sulfone groups is 1. The summed E-state index contributed by atoms with van der Waals surface area (Å²) in [6.07, 6.45) is 1.50. The minimum Gasteiger partial charge on any atom is -0.462 e. The lowest BCUT2D eigenvalue weighted by molar-refractivity contribution is 0.0523. The molecule has 2 rings (SSSR count). The van der Waals surface area contributed by atoms with Gasteiger partial charge in [-0.2, -0.15) is 5.10 Å². The SMILES string of the molecule is CCOC(=O)c1cnn(C)c1CN1CCS(=O)(=O)CC1C. The van der Waals surface area contributed by atoms with Crippen molar-refractivity contribution in [3.05, 3.63) is 17.5 Å². The predicted molar refractivity (Wildman–Crippen MR) is 77.7 cm³/mol. The summed E-state index contributed by atoms with van der Waals surface area (Å²) in [7, 11) is -1.18. The highest BCUT2D eigenvalue weighted by atomic mass is 32.2. The average molecular weight is 315 g/mol. The van der Waals surface area contributed by atoms with E-state index in [0.717, 1.165) is 5.69 Å². The van der Waals surface area contributed by atoms with E-state index in [0.29, 0.717) is 25.3 Å². The Morgan fingerprint density at radius 1 is 1.52 bits per heavy atom. The van der Waals surface area contributed by atoms with E-state index < -0.39 is 15.8 Å². The average Bonchev–Trinajstić information content (AvgIpc) is 2.74. The van der Waals surface area contributed by atoms with Crippen LogP contribution in [0.15, 0.2) is 6.20 Å². The summed E-state index contributed by atoms with van der Waals surface area (Å²) in [6.45, 7) is 4.91. The van der Waals surface area contributed by atoms with Gasteiger partial charge in [-0.3, -0.25) is 9.58 Å². The van der Waals surface area contributed by atoms with Gasteiger partial charge in [0.2, 0.25) is 0 Å². The Kier molecular flexibility index (Phi) is 4.67. The highest BCUT2D eigenvalue weighted by molar-refractivity contribution is 7.91. The van der Waals surface area contributed by atoms with Gasteiger partial charge in [-0.15, -0.1) is 0 Å². The van der Waals surface area contributed by atoms with Crippen molar-refractivity contribution in [3.63, 3.8) is 0 Å². The molecule has 0 bridgehead atoms. The lowest BCUT2D eigenvalue weighted by atomic mass is 10.2. The summed E-state index contributed by atoms with van der Waals surface area (Å²) in [5.41, 5.74) is 1.19. The summed E-state index contributed by atoms with van der Waals surface area (Å²) in [5, 5.41) is 4.11. The molecule has 1 aliphatic rings. The zero-order valence-corrected chi connectivity index (χ0v) is 13.4. The van der Waals surface area contributed by atoms with Gasteiger partial charge >= 0.3 is 5.97 Å². The number of hydrogen-bond donors (Lipinski definition) is 0. The van der Waals surface area contributed by atoms with Crippen LogP contribution in [0.2, 0.25) is 0 Å². The van der Waals surface area contributed by atoms with Crippen LogP contribution in [0, 0.1) is 0 Å². The number of hydrogen-bond acceptors (Lipinski definition) is 6. The maximum Gasteiger partial charge on any atom is 0.341 e. The minimum absolute atomic E-state index is 0.0753. The Bertz CT molecular complexity index is 623. The van der Waals surface area contributed by atoms with Gasteiger partial charge in [-0.05, 0) is 13.8 Å². The van der Waals surface area contributed by atoms with Crippen molar-refractivity contribution < 1.29 is 17.9 Å². The Labute approximate surface area is 124 Å². The smallest absolute Gasteiger partial charge is 0.341 e. The molecular formula is C13H21N3O4S. The quantitative estimate of drug-likeness (QED) is 0.739. The van der Waals surface area contributed by atoms with Gasteiger partial charge < -0.3 is 4.74 Å². The number of ether oxygens (including phenoxy) is 1. The first kappa shape index (κ1) is 16.0. The van der Waals surface area contributed by atoms with Gasteiger partial charge in [0.05, 0.1) is 30.0 Å². The van der Waals surface area contributed by atoms with Gasteiger partial charge in [-0.1, -0.05) is 0 Å². The van der Waals surface area contributed by atoms with Gasteiger partial charge in [0, 0.05) is 26.2 Å². The summed E-state index contributed by atoms with van der Waals surface area (Å²) < 4.78 is 29.9. The number of aryl methyl sites for hydroxylation is 1. The first-order valence-electron chi connectivity index (χ1n) is 6.96. The third kappa shape index (κ3) is 3.62. The molecule has 0 radical (unpaired) electrons. The standard InChI is InChI=1S/C13H21N3O4S/c1-4-20-13(17)11-7-14-15(3)12(11)8-16-5-6-21(18,19)9-10(16)2/h7,10H,4-6,8-9H2,1-3H3. The fourth-order valence-corrected chi connectivity index (χ4v) is 4.12. The molecule has 1 saturated heterocycles. The summed E-state index contributed by atoms with van der Waals surface area (Å²) >= 11 is 0. The molecule has 0 spiro atoms. The number of aromatic nitrogens is 2. The van der Waals surface area contributed by atoms with Crippen molar-refractivity contribution in [3.8, 4) is 0 Å². The van der Waals surface area contributed by atoms with Gasteiger partial charge in [-0.25, -0.2) is 13.2 Å². The molecule has 0 amide bonds. The van der Waals surface area contributed by atoms with Crippen LogP contribution >= 0.6 is 0 Å². The second kappa shape index (κ2) is 6.15. The molecule has 1 atom stereocenters. The van der Waals surface area contributed by atoms with E-state index in [9.17, 15) is 13.2 Å². The van der Waals surface area contributed by atoms with Crippen molar-refractivity contribution in [2.24, 2.45) is 7.05 Å². The monoisotopic (exact) mass is 315 g/mol. The van der Waals surface area contributed by atoms with Gasteiger partial charge in [0.25, 0.3) is 0 Å². The zero-order valence-electron chi connectivity index (χ0n) is 12.6. The van der Waals surface area contributed by atoms with Crippen LogP contribution in [-0.4, -0.2) is 59.8 Å². The third-order valence-electron chi connectivity index (χ3n) is 3.72. The summed E-state index contributed by atoms with van der Waals surface area (Å²) in [5.74, 6) is -0.0818. The molecule has 1 aliphatic heterocycles. The van der Waals surface area contributed by atoms with Crippen LogP contribution in [0.25, 0.3) is 0 Å². The Morgan fingerprint density at radius 3 is 2.86 bits per heavy atom. The maximum absolute atomic E-state index is 11.9. The number of esters is 1. The van der Waals surface area contributed by atoms with Crippen molar-refractivity contribution in [1.29, 1.82) is 0 Å². The lowest BCUT2D eigenvalue weighted by Gasteiger charge is -2.33. The Balaban J connectivity index is 2.16. The molecule has 0 saturated carbocycles. The van der Waals surface area contributed by atoms with Gasteiger partial charge in [0.15, 0.2) is 9.84 Å². The van der Waals surface area contributed by atoms with E-state index in [1.54, 1.807) is 18.7 Å². The molecular weight excluding hydrogens is 294 g/mol. The molecule has 2 heterocycles. The van der Waals surface area contributed by atoms with Crippen molar-refractivity contribution >= 4 is 15.8 Å². The van der Waals surface area contributed by atoms with E-state index in [-0.39, 0.29) is 17.5 Å². The van der Waals surface area contributed by atoms with E-state index >= 15 is 0 Å². The highest BCUT2D eigenvalue weighted by Gasteiger charge is 2.30. The first-order valence-corrected chi connectivity index (χ1v) is 8.78. The first-order chi connectivity index (χ1) is 9.84. The molecule has 8 heteroatoms. The molecule has 118 valence electrons. The largest absolute Gasteiger partial charge is 0.462 e. The van der Waals surface area contributed by atoms with Crippen LogP contribution in [0.4, 0.5) is 0 Å². The van der Waals surface area contributed by atoms with Crippen molar-refractivity contribution in [1.82, 2.24) is 14.7 Å². The number of carbonyl (C=O) groups is 1. The molecule has 1 unspecified atom stereocenters.